The maximum atomic E-state index is 13.1. The zero-order valence-electron chi connectivity index (χ0n) is 15.5. The van der Waals surface area contributed by atoms with Gasteiger partial charge in [-0.2, -0.15) is 5.10 Å². The van der Waals surface area contributed by atoms with Crippen molar-refractivity contribution in [3.05, 3.63) is 69.7 Å². The number of nitrogens with zero attached hydrogens (tertiary/aromatic N) is 3. The van der Waals surface area contributed by atoms with E-state index in [-0.39, 0.29) is 18.5 Å². The number of thiophene rings is 1. The van der Waals surface area contributed by atoms with Crippen LogP contribution in [0.2, 0.25) is 0 Å². The smallest absolute Gasteiger partial charge is 0.319 e. The Bertz CT molecular complexity index is 1060. The molecule has 1 N–H and O–H groups in total. The molecule has 1 aromatic carbocycles. The molecule has 5 rings (SSSR count). The van der Waals surface area contributed by atoms with Crippen molar-refractivity contribution in [2.24, 2.45) is 0 Å². The number of hydrogen-bond donors (Lipinski definition) is 1. The van der Waals surface area contributed by atoms with Gasteiger partial charge in [-0.15, -0.1) is 11.3 Å². The summed E-state index contributed by atoms with van der Waals surface area (Å²) in [6, 6.07) is 13.4. The van der Waals surface area contributed by atoms with E-state index >= 15 is 0 Å². The van der Waals surface area contributed by atoms with Crippen LogP contribution in [0.3, 0.4) is 0 Å². The predicted octanol–water partition coefficient (Wildman–Crippen LogP) is 3.39. The lowest BCUT2D eigenvalue weighted by Gasteiger charge is -2.20. The summed E-state index contributed by atoms with van der Waals surface area (Å²) in [5.41, 5.74) is 3.18. The summed E-state index contributed by atoms with van der Waals surface area (Å²) < 4.78 is 1.97. The second kappa shape index (κ2) is 6.31. The Morgan fingerprint density at radius 2 is 1.96 bits per heavy atom. The first-order valence-corrected chi connectivity index (χ1v) is 10.3. The van der Waals surface area contributed by atoms with Crippen molar-refractivity contribution < 1.29 is 9.59 Å². The first-order valence-electron chi connectivity index (χ1n) is 9.41. The lowest BCUT2D eigenvalue weighted by Crippen LogP contribution is -2.40. The minimum Gasteiger partial charge on any atom is -0.319 e. The summed E-state index contributed by atoms with van der Waals surface area (Å²) >= 11 is 1.47. The Morgan fingerprint density at radius 1 is 1.14 bits per heavy atom. The average Bonchev–Trinajstić information content (AvgIpc) is 3.46. The normalized spacial score (nSPS) is 21.2. The summed E-state index contributed by atoms with van der Waals surface area (Å²) in [7, 11) is 0. The molecule has 6 nitrogen and oxygen atoms in total. The van der Waals surface area contributed by atoms with E-state index in [4.69, 9.17) is 5.10 Å². The number of fused-ring (bicyclic) bond motifs is 1. The standard InChI is InChI=1S/C21H20N4O2S/c1-21(18-11-6-12-28-18)19(26)24(20(27)22-21)13-16-15-9-5-10-17(15)25(23-16)14-7-3-2-4-8-14/h2-4,6-8,11-12H,5,9-10,13H2,1H3,(H,22,27). The van der Waals surface area contributed by atoms with Crippen LogP contribution in [0.25, 0.3) is 5.69 Å². The van der Waals surface area contributed by atoms with Gasteiger partial charge in [0.15, 0.2) is 5.54 Å². The molecule has 1 saturated heterocycles. The van der Waals surface area contributed by atoms with E-state index in [1.807, 2.05) is 52.5 Å². The van der Waals surface area contributed by atoms with Crippen molar-refractivity contribution in [1.29, 1.82) is 0 Å². The molecular formula is C21H20N4O2S. The molecule has 1 unspecified atom stereocenters. The molecule has 1 fully saturated rings. The fourth-order valence-electron chi connectivity index (χ4n) is 4.14. The average molecular weight is 392 g/mol. The Balaban J connectivity index is 1.49. The van der Waals surface area contributed by atoms with E-state index in [9.17, 15) is 9.59 Å². The van der Waals surface area contributed by atoms with Gasteiger partial charge < -0.3 is 5.32 Å². The number of rotatable bonds is 4. The topological polar surface area (TPSA) is 67.2 Å². The van der Waals surface area contributed by atoms with Gasteiger partial charge in [-0.3, -0.25) is 9.69 Å². The van der Waals surface area contributed by atoms with Crippen LogP contribution in [0.1, 0.15) is 35.2 Å². The zero-order valence-corrected chi connectivity index (χ0v) is 16.3. The SMILES string of the molecule is CC1(c2cccs2)NC(=O)N(Cc2nn(-c3ccccc3)c3c2CCC3)C1=O. The summed E-state index contributed by atoms with van der Waals surface area (Å²) in [5, 5.41) is 9.58. The molecule has 0 spiro atoms. The molecule has 28 heavy (non-hydrogen) atoms. The summed E-state index contributed by atoms with van der Waals surface area (Å²) in [6.45, 7) is 1.97. The second-order valence-electron chi connectivity index (χ2n) is 7.40. The van der Waals surface area contributed by atoms with E-state index in [0.29, 0.717) is 0 Å². The van der Waals surface area contributed by atoms with E-state index in [0.717, 1.165) is 35.5 Å². The fraction of sp³-hybridized carbons (Fsp3) is 0.286. The molecule has 0 saturated carbocycles. The Kier molecular flexibility index (Phi) is 3.87. The summed E-state index contributed by atoms with van der Waals surface area (Å²) in [5.74, 6) is -0.221. The lowest BCUT2D eigenvalue weighted by atomic mass is 10.0. The maximum absolute atomic E-state index is 13.1. The quantitative estimate of drug-likeness (QED) is 0.692. The number of amides is 3. The van der Waals surface area contributed by atoms with Gasteiger partial charge in [-0.1, -0.05) is 24.3 Å². The van der Waals surface area contributed by atoms with Gasteiger partial charge in [-0.25, -0.2) is 9.48 Å². The third kappa shape index (κ3) is 2.50. The molecule has 1 atom stereocenters. The van der Waals surface area contributed by atoms with Gasteiger partial charge in [0.25, 0.3) is 5.91 Å². The highest BCUT2D eigenvalue weighted by Gasteiger charge is 2.50. The maximum Gasteiger partial charge on any atom is 0.325 e. The Hall–Kier alpha value is -2.93. The molecule has 0 radical (unpaired) electrons. The number of aromatic nitrogens is 2. The van der Waals surface area contributed by atoms with Crippen LogP contribution in [0, 0.1) is 0 Å². The molecule has 2 aliphatic rings. The molecule has 1 aliphatic carbocycles. The van der Waals surface area contributed by atoms with Crippen molar-refractivity contribution in [2.75, 3.05) is 0 Å². The molecule has 3 heterocycles. The number of para-hydroxylation sites is 1. The van der Waals surface area contributed by atoms with Crippen LogP contribution in [-0.2, 0) is 29.7 Å². The molecule has 3 aromatic rings. The van der Waals surface area contributed by atoms with Gasteiger partial charge in [-0.05, 0) is 55.3 Å². The monoisotopic (exact) mass is 392 g/mol. The number of urea groups is 1. The third-order valence-corrected chi connectivity index (χ3v) is 6.70. The molecular weight excluding hydrogens is 372 g/mol. The van der Waals surface area contributed by atoms with E-state index < -0.39 is 5.54 Å². The minimum atomic E-state index is -1.00. The van der Waals surface area contributed by atoms with Crippen LogP contribution >= 0.6 is 11.3 Å². The minimum absolute atomic E-state index is 0.202. The molecule has 7 heteroatoms. The van der Waals surface area contributed by atoms with Crippen molar-refractivity contribution in [2.45, 2.75) is 38.3 Å². The number of carbonyl (C=O) groups excluding carboxylic acids is 2. The highest BCUT2D eigenvalue weighted by molar-refractivity contribution is 7.10. The van der Waals surface area contributed by atoms with Gasteiger partial charge in [0, 0.05) is 10.6 Å². The van der Waals surface area contributed by atoms with Crippen LogP contribution in [-0.4, -0.2) is 26.6 Å². The van der Waals surface area contributed by atoms with Crippen molar-refractivity contribution in [3.8, 4) is 5.69 Å². The van der Waals surface area contributed by atoms with Crippen LogP contribution in [0.4, 0.5) is 4.79 Å². The molecule has 2 aromatic heterocycles. The fourth-order valence-corrected chi connectivity index (χ4v) is 4.98. The van der Waals surface area contributed by atoms with Crippen LogP contribution < -0.4 is 5.32 Å². The predicted molar refractivity (Wildman–Crippen MR) is 106 cm³/mol. The lowest BCUT2D eigenvalue weighted by molar-refractivity contribution is -0.131. The highest BCUT2D eigenvalue weighted by atomic mass is 32.1. The first kappa shape index (κ1) is 17.2. The Morgan fingerprint density at radius 3 is 2.71 bits per heavy atom. The van der Waals surface area contributed by atoms with Gasteiger partial charge >= 0.3 is 6.03 Å². The number of nitrogens with one attached hydrogen (secondary N) is 1. The van der Waals surface area contributed by atoms with E-state index in [2.05, 4.69) is 5.32 Å². The molecule has 0 bridgehead atoms. The molecule has 1 aliphatic heterocycles. The van der Waals surface area contributed by atoms with Crippen LogP contribution in [0.5, 0.6) is 0 Å². The van der Waals surface area contributed by atoms with Gasteiger partial charge in [0.2, 0.25) is 0 Å². The highest BCUT2D eigenvalue weighted by Crippen LogP contribution is 2.34. The van der Waals surface area contributed by atoms with Crippen LogP contribution in [0.15, 0.2) is 47.8 Å². The van der Waals surface area contributed by atoms with Crippen molar-refractivity contribution >= 4 is 23.3 Å². The zero-order chi connectivity index (χ0) is 19.3. The second-order valence-corrected chi connectivity index (χ2v) is 8.34. The van der Waals surface area contributed by atoms with Gasteiger partial charge in [0.1, 0.15) is 0 Å². The molecule has 3 amide bonds. The van der Waals surface area contributed by atoms with Gasteiger partial charge in [0.05, 0.1) is 17.9 Å². The summed E-state index contributed by atoms with van der Waals surface area (Å²) in [6.07, 6.45) is 2.97. The largest absolute Gasteiger partial charge is 0.325 e. The first-order chi connectivity index (χ1) is 13.6. The van der Waals surface area contributed by atoms with Crippen molar-refractivity contribution in [3.63, 3.8) is 0 Å². The number of hydrogen-bond acceptors (Lipinski definition) is 4. The number of carbonyl (C=O) groups is 2. The van der Waals surface area contributed by atoms with E-state index in [1.165, 1.54) is 27.5 Å². The number of imide groups is 1. The van der Waals surface area contributed by atoms with E-state index in [1.54, 1.807) is 6.92 Å². The van der Waals surface area contributed by atoms with Crippen molar-refractivity contribution in [1.82, 2.24) is 20.0 Å². The number of benzene rings is 1. The molecule has 142 valence electrons. The summed E-state index contributed by atoms with van der Waals surface area (Å²) in [4.78, 5) is 27.9. The Labute approximate surface area is 166 Å². The third-order valence-electron chi connectivity index (χ3n) is 5.61.